The van der Waals surface area contributed by atoms with E-state index in [1.165, 1.54) is 6.07 Å². The monoisotopic (exact) mass is 333 g/mol. The number of halogens is 2. The van der Waals surface area contributed by atoms with Crippen molar-refractivity contribution in [1.29, 1.82) is 0 Å². The molecule has 0 saturated heterocycles. The maximum Gasteiger partial charge on any atom is 0.205 e. The van der Waals surface area contributed by atoms with Crippen molar-refractivity contribution >= 4 is 32.9 Å². The van der Waals surface area contributed by atoms with Gasteiger partial charge in [-0.05, 0) is 49.2 Å². The van der Waals surface area contributed by atoms with Gasteiger partial charge in [0, 0.05) is 10.5 Å². The molecule has 0 radical (unpaired) electrons. The highest BCUT2D eigenvalue weighted by Crippen LogP contribution is 2.27. The number of fused-ring (bicyclic) bond motifs is 1. The second kappa shape index (κ2) is 4.59. The summed E-state index contributed by atoms with van der Waals surface area (Å²) in [5.74, 6) is 0.0788. The Morgan fingerprint density at radius 1 is 1.15 bits per heavy atom. The van der Waals surface area contributed by atoms with Crippen molar-refractivity contribution in [2.45, 2.75) is 13.8 Å². The molecule has 2 aromatic carbocycles. The highest BCUT2D eigenvalue weighted by atomic mass is 79.9. The first-order valence-corrected chi connectivity index (χ1v) is 6.96. The predicted octanol–water partition coefficient (Wildman–Crippen LogP) is 4.13. The van der Waals surface area contributed by atoms with Crippen LogP contribution in [0, 0.1) is 19.7 Å². The molecule has 20 heavy (non-hydrogen) atoms. The molecule has 2 N–H and O–H groups in total. The van der Waals surface area contributed by atoms with Gasteiger partial charge < -0.3 is 5.73 Å². The van der Waals surface area contributed by atoms with E-state index in [4.69, 9.17) is 5.73 Å². The van der Waals surface area contributed by atoms with Crippen LogP contribution in [0.25, 0.3) is 16.7 Å². The summed E-state index contributed by atoms with van der Waals surface area (Å²) in [5, 5.41) is 0. The number of nitrogens with two attached hydrogens (primary N) is 1. The molecule has 3 rings (SSSR count). The second-order valence-electron chi connectivity index (χ2n) is 4.88. The van der Waals surface area contributed by atoms with E-state index in [1.807, 2.05) is 29.7 Å². The number of rotatable bonds is 1. The molecule has 0 fully saturated rings. The summed E-state index contributed by atoms with van der Waals surface area (Å²) in [4.78, 5) is 4.24. The average molecular weight is 334 g/mol. The molecule has 0 amide bonds. The lowest BCUT2D eigenvalue weighted by Gasteiger charge is -2.09. The molecule has 0 atom stereocenters. The maximum atomic E-state index is 13.6. The van der Waals surface area contributed by atoms with Crippen LogP contribution in [0.2, 0.25) is 0 Å². The molecule has 0 aliphatic rings. The third-order valence-electron chi connectivity index (χ3n) is 3.25. The Balaban J connectivity index is 2.35. The summed E-state index contributed by atoms with van der Waals surface area (Å²) in [6, 6.07) is 9.18. The van der Waals surface area contributed by atoms with E-state index in [0.29, 0.717) is 17.0 Å². The van der Waals surface area contributed by atoms with Gasteiger partial charge in [-0.3, -0.25) is 4.57 Å². The van der Waals surface area contributed by atoms with Crippen LogP contribution < -0.4 is 5.73 Å². The molecule has 0 bridgehead atoms. The number of anilines is 1. The Bertz CT molecular complexity index is 803. The molecular formula is C15H13BrFN3. The molecule has 102 valence electrons. The van der Waals surface area contributed by atoms with Gasteiger partial charge in [0.15, 0.2) is 0 Å². The number of benzene rings is 2. The van der Waals surface area contributed by atoms with Crippen molar-refractivity contribution in [3.63, 3.8) is 0 Å². The van der Waals surface area contributed by atoms with Crippen LogP contribution in [0.3, 0.4) is 0 Å². The van der Waals surface area contributed by atoms with E-state index in [0.717, 1.165) is 21.2 Å². The standard InChI is InChI=1S/C15H13BrFN3/c1-8-3-10(16)6-11(4-8)20-14-5-9(2)12(17)7-13(14)19-15(20)18/h3-7H,1-2H3,(H2,18,19). The van der Waals surface area contributed by atoms with Crippen LogP contribution in [-0.4, -0.2) is 9.55 Å². The Hall–Kier alpha value is -1.88. The predicted molar refractivity (Wildman–Crippen MR) is 82.6 cm³/mol. The number of nitrogen functional groups attached to an aromatic ring is 1. The third-order valence-corrected chi connectivity index (χ3v) is 3.70. The van der Waals surface area contributed by atoms with E-state index in [-0.39, 0.29) is 5.82 Å². The van der Waals surface area contributed by atoms with Crippen molar-refractivity contribution in [3.05, 3.63) is 51.7 Å². The van der Waals surface area contributed by atoms with Crippen LogP contribution >= 0.6 is 15.9 Å². The molecular weight excluding hydrogens is 321 g/mol. The number of aryl methyl sites for hydroxylation is 2. The summed E-state index contributed by atoms with van der Waals surface area (Å²) in [5.41, 5.74) is 9.95. The van der Waals surface area contributed by atoms with Crippen LogP contribution in [-0.2, 0) is 0 Å². The van der Waals surface area contributed by atoms with E-state index >= 15 is 0 Å². The number of hydrogen-bond donors (Lipinski definition) is 1. The summed E-state index contributed by atoms with van der Waals surface area (Å²) >= 11 is 3.48. The van der Waals surface area contributed by atoms with Crippen LogP contribution in [0.4, 0.5) is 10.3 Å². The van der Waals surface area contributed by atoms with Gasteiger partial charge in [-0.2, -0.15) is 0 Å². The minimum Gasteiger partial charge on any atom is -0.369 e. The lowest BCUT2D eigenvalue weighted by atomic mass is 10.2. The van der Waals surface area contributed by atoms with Crippen molar-refractivity contribution in [2.75, 3.05) is 5.73 Å². The highest BCUT2D eigenvalue weighted by Gasteiger charge is 2.13. The Labute approximate surface area is 124 Å². The Morgan fingerprint density at radius 3 is 2.60 bits per heavy atom. The summed E-state index contributed by atoms with van der Waals surface area (Å²) in [6.07, 6.45) is 0. The maximum absolute atomic E-state index is 13.6. The van der Waals surface area contributed by atoms with Gasteiger partial charge >= 0.3 is 0 Å². The van der Waals surface area contributed by atoms with Gasteiger partial charge in [0.1, 0.15) is 5.82 Å². The summed E-state index contributed by atoms with van der Waals surface area (Å²) in [6.45, 7) is 3.74. The van der Waals surface area contributed by atoms with Gasteiger partial charge in [0.05, 0.1) is 16.7 Å². The molecule has 0 saturated carbocycles. The lowest BCUT2D eigenvalue weighted by molar-refractivity contribution is 0.620. The summed E-state index contributed by atoms with van der Waals surface area (Å²) in [7, 11) is 0. The quantitative estimate of drug-likeness (QED) is 0.727. The zero-order chi connectivity index (χ0) is 14.4. The normalized spacial score (nSPS) is 11.2. The fraction of sp³-hybridized carbons (Fsp3) is 0.133. The van der Waals surface area contributed by atoms with Gasteiger partial charge in [0.2, 0.25) is 5.95 Å². The highest BCUT2D eigenvalue weighted by molar-refractivity contribution is 9.10. The van der Waals surface area contributed by atoms with Crippen molar-refractivity contribution in [3.8, 4) is 5.69 Å². The molecule has 0 unspecified atom stereocenters. The van der Waals surface area contributed by atoms with Gasteiger partial charge in [0.25, 0.3) is 0 Å². The third kappa shape index (κ3) is 2.08. The Morgan fingerprint density at radius 2 is 1.90 bits per heavy atom. The minimum absolute atomic E-state index is 0.271. The zero-order valence-electron chi connectivity index (χ0n) is 11.1. The molecule has 0 spiro atoms. The topological polar surface area (TPSA) is 43.8 Å². The van der Waals surface area contributed by atoms with E-state index < -0.39 is 0 Å². The molecule has 1 aromatic heterocycles. The molecule has 0 aliphatic carbocycles. The number of imidazole rings is 1. The molecule has 1 heterocycles. The van der Waals surface area contributed by atoms with Crippen LogP contribution in [0.5, 0.6) is 0 Å². The summed E-state index contributed by atoms with van der Waals surface area (Å²) < 4.78 is 16.4. The lowest BCUT2D eigenvalue weighted by Crippen LogP contribution is -2.01. The molecule has 0 aliphatic heterocycles. The molecule has 3 aromatic rings. The van der Waals surface area contributed by atoms with Crippen LogP contribution in [0.15, 0.2) is 34.8 Å². The smallest absolute Gasteiger partial charge is 0.205 e. The zero-order valence-corrected chi connectivity index (χ0v) is 12.7. The first kappa shape index (κ1) is 13.1. The van der Waals surface area contributed by atoms with Crippen molar-refractivity contribution in [1.82, 2.24) is 9.55 Å². The number of hydrogen-bond acceptors (Lipinski definition) is 2. The fourth-order valence-corrected chi connectivity index (χ4v) is 2.93. The van der Waals surface area contributed by atoms with E-state index in [9.17, 15) is 4.39 Å². The van der Waals surface area contributed by atoms with Gasteiger partial charge in [-0.25, -0.2) is 9.37 Å². The first-order chi connectivity index (χ1) is 9.45. The minimum atomic E-state index is -0.271. The van der Waals surface area contributed by atoms with Gasteiger partial charge in [-0.1, -0.05) is 15.9 Å². The Kier molecular flexibility index (Phi) is 3.01. The number of aromatic nitrogens is 2. The number of nitrogens with zero attached hydrogens (tertiary/aromatic N) is 2. The van der Waals surface area contributed by atoms with E-state index in [2.05, 4.69) is 20.9 Å². The first-order valence-electron chi connectivity index (χ1n) is 6.17. The molecule has 5 heteroatoms. The van der Waals surface area contributed by atoms with E-state index in [1.54, 1.807) is 13.0 Å². The van der Waals surface area contributed by atoms with Gasteiger partial charge in [-0.15, -0.1) is 0 Å². The second-order valence-corrected chi connectivity index (χ2v) is 5.80. The average Bonchev–Trinajstić information content (AvgIpc) is 2.64. The van der Waals surface area contributed by atoms with Crippen LogP contribution in [0.1, 0.15) is 11.1 Å². The largest absolute Gasteiger partial charge is 0.369 e. The SMILES string of the molecule is Cc1cc(Br)cc(-n2c(N)nc3cc(F)c(C)cc32)c1. The van der Waals surface area contributed by atoms with Crippen molar-refractivity contribution in [2.24, 2.45) is 0 Å². The molecule has 3 nitrogen and oxygen atoms in total. The van der Waals surface area contributed by atoms with Crippen molar-refractivity contribution < 1.29 is 4.39 Å². The fourth-order valence-electron chi connectivity index (χ4n) is 2.34.